The minimum absolute atomic E-state index is 0.386. The smallest absolute Gasteiger partial charge is 0.407 e. The molecule has 0 heterocycles. The molecule has 0 saturated heterocycles. The van der Waals surface area contributed by atoms with Crippen LogP contribution in [-0.2, 0) is 24.0 Å². The Hall–Kier alpha value is -2.66. The molecule has 0 aliphatic heterocycles. The first-order valence-electron chi connectivity index (χ1n) is 10.3. The zero-order valence-electron chi connectivity index (χ0n) is 17.7. The number of azide groups is 1. The summed E-state index contributed by atoms with van der Waals surface area (Å²) in [6.45, 7) is 6.99. The molecule has 1 aliphatic carbocycles. The van der Waals surface area contributed by atoms with Crippen LogP contribution in [0.2, 0.25) is 0 Å². The van der Waals surface area contributed by atoms with Crippen LogP contribution in [0.5, 0.6) is 5.75 Å². The number of ether oxygens (including phenoxy) is 2. The fourth-order valence-corrected chi connectivity index (χ4v) is 3.36. The zero-order chi connectivity index (χ0) is 21.1. The van der Waals surface area contributed by atoms with Crippen molar-refractivity contribution in [2.24, 2.45) is 5.11 Å². The molecule has 1 aromatic rings. The van der Waals surface area contributed by atoms with Gasteiger partial charge in [0.1, 0.15) is 11.4 Å². The van der Waals surface area contributed by atoms with Gasteiger partial charge in [0.15, 0.2) is 0 Å². The fraction of sp³-hybridized carbons (Fsp3) is 0.591. The van der Waals surface area contributed by atoms with Crippen molar-refractivity contribution >= 4 is 6.09 Å². The van der Waals surface area contributed by atoms with Gasteiger partial charge in [-0.05, 0) is 87.6 Å². The van der Waals surface area contributed by atoms with Crippen LogP contribution in [0, 0.1) is 0 Å². The Balaban J connectivity index is 1.87. The van der Waals surface area contributed by atoms with E-state index in [9.17, 15) is 4.79 Å². The topological polar surface area (TPSA) is 96.3 Å². The van der Waals surface area contributed by atoms with Crippen molar-refractivity contribution in [1.82, 2.24) is 5.32 Å². The summed E-state index contributed by atoms with van der Waals surface area (Å²) in [5.74, 6) is 0.957. The van der Waals surface area contributed by atoms with Crippen molar-refractivity contribution in [3.63, 3.8) is 0 Å². The number of amides is 1. The Kier molecular flexibility index (Phi) is 8.87. The minimum Gasteiger partial charge on any atom is -0.493 e. The standard InChI is InChI=1S/C22H32N4O3/c1-22(2,3)29-21(27)24-14-8-16-28-20-13-12-17(9-6-7-15-25-26-23)18-10-4-5-11-19(18)20/h6-7,12-13H,4-5,8-11,14-16H2,1-3H3,(H,24,27). The van der Waals surface area contributed by atoms with Gasteiger partial charge < -0.3 is 14.8 Å². The van der Waals surface area contributed by atoms with Crippen molar-refractivity contribution in [2.45, 2.75) is 64.9 Å². The summed E-state index contributed by atoms with van der Waals surface area (Å²) in [6, 6.07) is 4.19. The van der Waals surface area contributed by atoms with Crippen LogP contribution in [0.4, 0.5) is 4.79 Å². The van der Waals surface area contributed by atoms with E-state index >= 15 is 0 Å². The number of carbonyl (C=O) groups is 1. The molecule has 158 valence electrons. The van der Waals surface area contributed by atoms with E-state index in [2.05, 4.69) is 33.6 Å². The maximum Gasteiger partial charge on any atom is 0.407 e. The van der Waals surface area contributed by atoms with Gasteiger partial charge in [0.25, 0.3) is 0 Å². The third kappa shape index (κ3) is 8.08. The Morgan fingerprint density at radius 2 is 2.00 bits per heavy atom. The highest BCUT2D eigenvalue weighted by Crippen LogP contribution is 2.32. The maximum atomic E-state index is 11.7. The second kappa shape index (κ2) is 11.4. The Labute approximate surface area is 173 Å². The van der Waals surface area contributed by atoms with Gasteiger partial charge in [0, 0.05) is 18.0 Å². The molecule has 0 saturated carbocycles. The van der Waals surface area contributed by atoms with Crippen LogP contribution in [-0.4, -0.2) is 31.4 Å². The average Bonchev–Trinajstić information content (AvgIpc) is 2.67. The van der Waals surface area contributed by atoms with E-state index in [-0.39, 0.29) is 0 Å². The van der Waals surface area contributed by atoms with E-state index in [4.69, 9.17) is 15.0 Å². The molecule has 2 rings (SSSR count). The number of fused-ring (bicyclic) bond motifs is 1. The van der Waals surface area contributed by atoms with Crippen LogP contribution in [0.3, 0.4) is 0 Å². The number of rotatable bonds is 9. The lowest BCUT2D eigenvalue weighted by atomic mass is 9.86. The van der Waals surface area contributed by atoms with E-state index in [1.165, 1.54) is 29.5 Å². The monoisotopic (exact) mass is 400 g/mol. The van der Waals surface area contributed by atoms with Gasteiger partial charge in [-0.25, -0.2) is 4.79 Å². The molecule has 0 radical (unpaired) electrons. The molecule has 0 atom stereocenters. The number of allylic oxidation sites excluding steroid dienone is 1. The van der Waals surface area contributed by atoms with Crippen LogP contribution >= 0.6 is 0 Å². The first-order chi connectivity index (χ1) is 13.9. The number of hydrogen-bond donors (Lipinski definition) is 1. The molecule has 1 amide bonds. The summed E-state index contributed by atoms with van der Waals surface area (Å²) in [5.41, 5.74) is 11.9. The largest absolute Gasteiger partial charge is 0.493 e. The van der Waals surface area contributed by atoms with Crippen molar-refractivity contribution in [3.05, 3.63) is 51.4 Å². The Bertz CT molecular complexity index is 762. The van der Waals surface area contributed by atoms with Crippen LogP contribution in [0.15, 0.2) is 29.4 Å². The number of alkyl carbamates (subject to hydrolysis) is 1. The average molecular weight is 401 g/mol. The summed E-state index contributed by atoms with van der Waals surface area (Å²) in [4.78, 5) is 14.4. The molecule has 1 N–H and O–H groups in total. The SMILES string of the molecule is CC(C)(C)OC(=O)NCCCOc1ccc(CC=CCN=[N+]=[N-])c2c1CCCC2. The molecule has 1 aliphatic rings. The molecule has 0 aromatic heterocycles. The van der Waals surface area contributed by atoms with Gasteiger partial charge in [0.2, 0.25) is 0 Å². The van der Waals surface area contributed by atoms with E-state index in [0.717, 1.165) is 31.4 Å². The maximum absolute atomic E-state index is 11.7. The normalized spacial score (nSPS) is 13.5. The molecule has 0 spiro atoms. The number of carbonyl (C=O) groups excluding carboxylic acids is 1. The lowest BCUT2D eigenvalue weighted by Crippen LogP contribution is -2.33. The van der Waals surface area contributed by atoms with Gasteiger partial charge in [0.05, 0.1) is 6.61 Å². The first-order valence-corrected chi connectivity index (χ1v) is 10.3. The van der Waals surface area contributed by atoms with Crippen molar-refractivity contribution in [1.29, 1.82) is 0 Å². The second-order valence-electron chi connectivity index (χ2n) is 8.11. The lowest BCUT2D eigenvalue weighted by Gasteiger charge is -2.22. The third-order valence-electron chi connectivity index (χ3n) is 4.59. The molecule has 1 aromatic carbocycles. The number of nitrogens with one attached hydrogen (secondary N) is 1. The van der Waals surface area contributed by atoms with Crippen molar-refractivity contribution < 1.29 is 14.3 Å². The molecular formula is C22H32N4O3. The van der Waals surface area contributed by atoms with Gasteiger partial charge in [-0.15, -0.1) is 0 Å². The van der Waals surface area contributed by atoms with E-state index < -0.39 is 11.7 Å². The van der Waals surface area contributed by atoms with Crippen LogP contribution in [0.25, 0.3) is 10.4 Å². The molecule has 7 nitrogen and oxygen atoms in total. The number of hydrogen-bond acceptors (Lipinski definition) is 4. The Morgan fingerprint density at radius 3 is 2.72 bits per heavy atom. The van der Waals surface area contributed by atoms with E-state index in [1.807, 2.05) is 26.8 Å². The highest BCUT2D eigenvalue weighted by atomic mass is 16.6. The summed E-state index contributed by atoms with van der Waals surface area (Å²) in [7, 11) is 0. The van der Waals surface area contributed by atoms with Gasteiger partial charge >= 0.3 is 6.09 Å². The predicted octanol–water partition coefficient (Wildman–Crippen LogP) is 5.27. The quantitative estimate of drug-likeness (QED) is 0.201. The van der Waals surface area contributed by atoms with Crippen molar-refractivity contribution in [3.8, 4) is 5.75 Å². The molecule has 0 fully saturated rings. The first kappa shape index (κ1) is 22.6. The lowest BCUT2D eigenvalue weighted by molar-refractivity contribution is 0.0525. The highest BCUT2D eigenvalue weighted by molar-refractivity contribution is 5.67. The summed E-state index contributed by atoms with van der Waals surface area (Å²) in [6.07, 6.45) is 9.61. The number of benzene rings is 1. The predicted molar refractivity (Wildman–Crippen MR) is 114 cm³/mol. The molecule has 7 heteroatoms. The van der Waals surface area contributed by atoms with Gasteiger partial charge in [-0.2, -0.15) is 0 Å². The summed E-state index contributed by atoms with van der Waals surface area (Å²) >= 11 is 0. The van der Waals surface area contributed by atoms with E-state index in [0.29, 0.717) is 19.7 Å². The third-order valence-corrected chi connectivity index (χ3v) is 4.59. The molecule has 0 unspecified atom stereocenters. The van der Waals surface area contributed by atoms with Crippen molar-refractivity contribution in [2.75, 3.05) is 19.7 Å². The molecule has 0 bridgehead atoms. The van der Waals surface area contributed by atoms with Gasteiger partial charge in [-0.3, -0.25) is 0 Å². The molecule has 29 heavy (non-hydrogen) atoms. The molecular weight excluding hydrogens is 368 g/mol. The van der Waals surface area contributed by atoms with Crippen LogP contribution in [0.1, 0.15) is 56.7 Å². The highest BCUT2D eigenvalue weighted by Gasteiger charge is 2.18. The Morgan fingerprint density at radius 1 is 1.24 bits per heavy atom. The zero-order valence-corrected chi connectivity index (χ0v) is 17.7. The second-order valence-corrected chi connectivity index (χ2v) is 8.11. The summed E-state index contributed by atoms with van der Waals surface area (Å²) < 4.78 is 11.3. The van der Waals surface area contributed by atoms with E-state index in [1.54, 1.807) is 0 Å². The number of nitrogens with zero attached hydrogens (tertiary/aromatic N) is 3. The minimum atomic E-state index is -0.487. The summed E-state index contributed by atoms with van der Waals surface area (Å²) in [5, 5.41) is 6.28. The fourth-order valence-electron chi connectivity index (χ4n) is 3.36. The van der Waals surface area contributed by atoms with Crippen LogP contribution < -0.4 is 10.1 Å². The van der Waals surface area contributed by atoms with Gasteiger partial charge in [-0.1, -0.05) is 23.3 Å².